The number of ether oxygens (including phenoxy) is 2. The van der Waals surface area contributed by atoms with Crippen LogP contribution in [0.1, 0.15) is 69.4 Å². The summed E-state index contributed by atoms with van der Waals surface area (Å²) >= 11 is 0. The van der Waals surface area contributed by atoms with Gasteiger partial charge in [0, 0.05) is 12.8 Å². The molecule has 0 heterocycles. The predicted molar refractivity (Wildman–Crippen MR) is 95.1 cm³/mol. The minimum absolute atomic E-state index is 0.105. The molecule has 0 bridgehead atoms. The van der Waals surface area contributed by atoms with Crippen molar-refractivity contribution < 1.29 is 19.1 Å². The van der Waals surface area contributed by atoms with Crippen LogP contribution in [0.4, 0.5) is 0 Å². The Kier molecular flexibility index (Phi) is 9.81. The molecule has 0 aliphatic rings. The van der Waals surface area contributed by atoms with Crippen molar-refractivity contribution in [1.29, 1.82) is 0 Å². The molecule has 0 amide bonds. The molecule has 0 aliphatic heterocycles. The molecule has 0 saturated heterocycles. The number of esters is 2. The van der Waals surface area contributed by atoms with Gasteiger partial charge in [-0.25, -0.2) is 0 Å². The third-order valence-electron chi connectivity index (χ3n) is 3.88. The van der Waals surface area contributed by atoms with Crippen LogP contribution in [0, 0.1) is 13.8 Å². The lowest BCUT2D eigenvalue weighted by Gasteiger charge is -2.08. The average Bonchev–Trinajstić information content (AvgIpc) is 2.53. The van der Waals surface area contributed by atoms with Crippen LogP contribution < -0.4 is 4.74 Å². The third kappa shape index (κ3) is 8.70. The first-order valence-electron chi connectivity index (χ1n) is 8.96. The second-order valence-corrected chi connectivity index (χ2v) is 6.17. The van der Waals surface area contributed by atoms with E-state index in [4.69, 9.17) is 9.47 Å². The Balaban J connectivity index is 2.06. The smallest absolute Gasteiger partial charge is 0.311 e. The van der Waals surface area contributed by atoms with Crippen molar-refractivity contribution in [2.45, 2.75) is 72.1 Å². The lowest BCUT2D eigenvalue weighted by molar-refractivity contribution is -0.143. The zero-order valence-electron chi connectivity index (χ0n) is 15.2. The summed E-state index contributed by atoms with van der Waals surface area (Å²) in [6, 6.07) is 5.87. The second-order valence-electron chi connectivity index (χ2n) is 6.17. The van der Waals surface area contributed by atoms with E-state index in [1.54, 1.807) is 0 Å². The summed E-state index contributed by atoms with van der Waals surface area (Å²) in [6.07, 6.45) is 6.92. The van der Waals surface area contributed by atoms with Gasteiger partial charge in [-0.2, -0.15) is 0 Å². The molecule has 4 nitrogen and oxygen atoms in total. The van der Waals surface area contributed by atoms with Gasteiger partial charge in [-0.05, 0) is 50.8 Å². The molecular formula is C20H30O4. The zero-order valence-corrected chi connectivity index (χ0v) is 15.2. The molecule has 0 aromatic heterocycles. The summed E-state index contributed by atoms with van der Waals surface area (Å²) in [5.41, 5.74) is 2.07. The predicted octanol–water partition coefficient (Wildman–Crippen LogP) is 4.89. The molecule has 24 heavy (non-hydrogen) atoms. The number of hydrogen-bond donors (Lipinski definition) is 0. The van der Waals surface area contributed by atoms with Crippen LogP contribution in [-0.2, 0) is 14.3 Å². The molecule has 0 spiro atoms. The van der Waals surface area contributed by atoms with Crippen molar-refractivity contribution in [3.05, 3.63) is 29.3 Å². The van der Waals surface area contributed by atoms with Crippen molar-refractivity contribution >= 4 is 11.9 Å². The van der Waals surface area contributed by atoms with Gasteiger partial charge in [-0.3, -0.25) is 9.59 Å². The van der Waals surface area contributed by atoms with Gasteiger partial charge in [0.1, 0.15) is 5.75 Å². The Morgan fingerprint density at radius 3 is 2.08 bits per heavy atom. The maximum Gasteiger partial charge on any atom is 0.311 e. The first-order valence-corrected chi connectivity index (χ1v) is 8.96. The highest BCUT2D eigenvalue weighted by Gasteiger charge is 2.07. The summed E-state index contributed by atoms with van der Waals surface area (Å²) in [5.74, 6) is 0.400. The van der Waals surface area contributed by atoms with Crippen LogP contribution in [0.15, 0.2) is 18.2 Å². The fourth-order valence-electron chi connectivity index (χ4n) is 2.47. The highest BCUT2D eigenvalue weighted by atomic mass is 16.5. The number of unbranched alkanes of at least 4 members (excludes halogenated alkanes) is 5. The Hall–Kier alpha value is -1.84. The Labute approximate surface area is 145 Å². The zero-order chi connectivity index (χ0) is 17.8. The van der Waals surface area contributed by atoms with Gasteiger partial charge in [0.15, 0.2) is 0 Å². The van der Waals surface area contributed by atoms with E-state index in [-0.39, 0.29) is 11.9 Å². The van der Waals surface area contributed by atoms with Crippen molar-refractivity contribution in [3.63, 3.8) is 0 Å². The number of benzene rings is 1. The van der Waals surface area contributed by atoms with Gasteiger partial charge < -0.3 is 9.47 Å². The van der Waals surface area contributed by atoms with Crippen LogP contribution in [-0.4, -0.2) is 18.5 Å². The maximum atomic E-state index is 11.9. The Morgan fingerprint density at radius 1 is 0.875 bits per heavy atom. The molecule has 0 N–H and O–H groups in total. The number of hydrogen-bond acceptors (Lipinski definition) is 4. The third-order valence-corrected chi connectivity index (χ3v) is 3.88. The Morgan fingerprint density at radius 2 is 1.46 bits per heavy atom. The van der Waals surface area contributed by atoms with E-state index in [0.29, 0.717) is 25.2 Å². The van der Waals surface area contributed by atoms with E-state index in [2.05, 4.69) is 0 Å². The summed E-state index contributed by atoms with van der Waals surface area (Å²) < 4.78 is 10.3. The normalized spacial score (nSPS) is 10.5. The largest absolute Gasteiger partial charge is 0.466 e. The first-order chi connectivity index (χ1) is 11.5. The quantitative estimate of drug-likeness (QED) is 0.328. The molecule has 0 atom stereocenters. The summed E-state index contributed by atoms with van der Waals surface area (Å²) in [6.45, 7) is 6.21. The minimum Gasteiger partial charge on any atom is -0.466 e. The molecule has 0 aliphatic carbocycles. The first kappa shape index (κ1) is 20.2. The Bertz CT molecular complexity index is 522. The van der Waals surface area contributed by atoms with Gasteiger partial charge in [0.05, 0.1) is 6.61 Å². The summed E-state index contributed by atoms with van der Waals surface area (Å²) in [4.78, 5) is 23.0. The maximum absolute atomic E-state index is 11.9. The van der Waals surface area contributed by atoms with E-state index in [0.717, 1.165) is 49.7 Å². The SMILES string of the molecule is CCOC(=O)CCCCCCCCC(=O)Oc1cc(C)ccc1C. The molecule has 0 unspecified atom stereocenters. The van der Waals surface area contributed by atoms with Gasteiger partial charge >= 0.3 is 11.9 Å². The van der Waals surface area contributed by atoms with E-state index < -0.39 is 0 Å². The van der Waals surface area contributed by atoms with E-state index in [1.807, 2.05) is 39.0 Å². The monoisotopic (exact) mass is 334 g/mol. The van der Waals surface area contributed by atoms with Crippen LogP contribution in [0.3, 0.4) is 0 Å². The van der Waals surface area contributed by atoms with E-state index in [9.17, 15) is 9.59 Å². The van der Waals surface area contributed by atoms with Crippen molar-refractivity contribution in [2.75, 3.05) is 6.61 Å². The number of aryl methyl sites for hydroxylation is 2. The van der Waals surface area contributed by atoms with E-state index >= 15 is 0 Å². The lowest BCUT2D eigenvalue weighted by atomic mass is 10.1. The highest BCUT2D eigenvalue weighted by molar-refractivity contribution is 5.72. The van der Waals surface area contributed by atoms with Gasteiger partial charge in [0.2, 0.25) is 0 Å². The number of carbonyl (C=O) groups is 2. The fraction of sp³-hybridized carbons (Fsp3) is 0.600. The van der Waals surface area contributed by atoms with Gasteiger partial charge in [-0.1, -0.05) is 37.8 Å². The second kappa shape index (κ2) is 11.7. The highest BCUT2D eigenvalue weighted by Crippen LogP contribution is 2.20. The summed E-state index contributed by atoms with van der Waals surface area (Å²) in [7, 11) is 0. The molecule has 0 fully saturated rings. The van der Waals surface area contributed by atoms with Crippen molar-refractivity contribution in [1.82, 2.24) is 0 Å². The molecule has 1 rings (SSSR count). The summed E-state index contributed by atoms with van der Waals surface area (Å²) in [5, 5.41) is 0. The minimum atomic E-state index is -0.161. The molecule has 134 valence electrons. The molecular weight excluding hydrogens is 304 g/mol. The number of rotatable bonds is 11. The lowest BCUT2D eigenvalue weighted by Crippen LogP contribution is -2.08. The van der Waals surface area contributed by atoms with Crippen LogP contribution >= 0.6 is 0 Å². The van der Waals surface area contributed by atoms with Crippen LogP contribution in [0.2, 0.25) is 0 Å². The van der Waals surface area contributed by atoms with Crippen LogP contribution in [0.5, 0.6) is 5.75 Å². The molecule has 0 radical (unpaired) electrons. The van der Waals surface area contributed by atoms with Gasteiger partial charge in [0.25, 0.3) is 0 Å². The van der Waals surface area contributed by atoms with E-state index in [1.165, 1.54) is 0 Å². The topological polar surface area (TPSA) is 52.6 Å². The van der Waals surface area contributed by atoms with Crippen LogP contribution in [0.25, 0.3) is 0 Å². The molecule has 4 heteroatoms. The van der Waals surface area contributed by atoms with Crippen molar-refractivity contribution in [2.24, 2.45) is 0 Å². The standard InChI is InChI=1S/C20H30O4/c1-4-23-19(21)11-9-7-5-6-8-10-12-20(22)24-18-15-16(2)13-14-17(18)3/h13-15H,4-12H2,1-3H3. The number of carbonyl (C=O) groups excluding carboxylic acids is 2. The molecule has 1 aromatic rings. The molecule has 0 saturated carbocycles. The fourth-order valence-corrected chi connectivity index (χ4v) is 2.47. The van der Waals surface area contributed by atoms with Crippen molar-refractivity contribution in [3.8, 4) is 5.75 Å². The average molecular weight is 334 g/mol. The molecule has 1 aromatic carbocycles. The van der Waals surface area contributed by atoms with Gasteiger partial charge in [-0.15, -0.1) is 0 Å².